The summed E-state index contributed by atoms with van der Waals surface area (Å²) in [5.41, 5.74) is 0.270. The molecule has 0 aliphatic heterocycles. The SMILES string of the molecule is C=CC(=O)OC(COCC(F)(F)C(F)(F)F)CN(CC(COCC(F)(F)C(F)(F)F)OC(=O)C=C)c1ccc(Cc2ccc(N(CC(COC(F)(F)C(F)(F)F)OC(=O)C=C)CC(COC(F)(F)C(F)(F)F)OC(=O)C=C)cc2)cc1. The van der Waals surface area contributed by atoms with Gasteiger partial charge in [0.25, 0.3) is 0 Å². The van der Waals surface area contributed by atoms with E-state index in [4.69, 9.17) is 18.9 Å². The van der Waals surface area contributed by atoms with E-state index in [2.05, 4.69) is 45.3 Å². The Kier molecular flexibility index (Phi) is 25.5. The number of rotatable bonds is 34. The Morgan fingerprint density at radius 3 is 0.864 bits per heavy atom. The standard InChI is InChI=1S/C47H46F20N2O12/c1-5-36(70)78-32(22-74-26-40(48,49)42(52,53)54)18-68(19-33(79-37(71)6-2)23-75-27-41(50,51)43(55,56)57)30-13-9-28(10-14-30)17-29-11-15-31(16-12-29)69(20-34(80-38(72)7-3)24-76-46(64,65)44(58,59)60)21-35(81-39(73)8-4)25-77-47(66,67)45(61,62)63/h5-16,32-35H,1-4,17-27H2. The van der Waals surface area contributed by atoms with Crippen LogP contribution in [0, 0.1) is 0 Å². The van der Waals surface area contributed by atoms with Gasteiger partial charge >= 0.3 is 72.6 Å². The van der Waals surface area contributed by atoms with Crippen LogP contribution in [0.5, 0.6) is 0 Å². The highest BCUT2D eigenvalue weighted by Gasteiger charge is 2.61. The molecular formula is C47H46F20N2O12. The van der Waals surface area contributed by atoms with Crippen molar-refractivity contribution in [2.45, 2.75) is 79.6 Å². The molecule has 2 rings (SSSR count). The molecule has 456 valence electrons. The first-order chi connectivity index (χ1) is 37.1. The average Bonchev–Trinajstić information content (AvgIpc) is 3.35. The molecule has 0 amide bonds. The van der Waals surface area contributed by atoms with E-state index in [9.17, 15) is 107 Å². The van der Waals surface area contributed by atoms with Crippen molar-refractivity contribution in [1.29, 1.82) is 0 Å². The minimum absolute atomic E-state index is 0.0855. The topological polar surface area (TPSA) is 149 Å². The van der Waals surface area contributed by atoms with Crippen LogP contribution >= 0.6 is 0 Å². The largest absolute Gasteiger partial charge is 0.482 e. The molecular weight excluding hydrogens is 1160 g/mol. The molecule has 0 aliphatic rings. The summed E-state index contributed by atoms with van der Waals surface area (Å²) in [6.45, 7) is -2.10. The van der Waals surface area contributed by atoms with Crippen molar-refractivity contribution in [3.63, 3.8) is 0 Å². The molecule has 0 saturated heterocycles. The van der Waals surface area contributed by atoms with Crippen LogP contribution in [0.3, 0.4) is 0 Å². The Morgan fingerprint density at radius 2 is 0.642 bits per heavy atom. The van der Waals surface area contributed by atoms with Crippen molar-refractivity contribution in [2.75, 3.05) is 75.6 Å². The van der Waals surface area contributed by atoms with Crippen LogP contribution in [0.1, 0.15) is 11.1 Å². The smallest absolute Gasteiger partial charge is 0.455 e. The maximum Gasteiger partial charge on any atom is 0.482 e. The third-order valence-electron chi connectivity index (χ3n) is 10.1. The van der Waals surface area contributed by atoms with Crippen molar-refractivity contribution < 1.29 is 145 Å². The van der Waals surface area contributed by atoms with E-state index in [1.807, 2.05) is 0 Å². The zero-order chi connectivity index (χ0) is 62.0. The predicted molar refractivity (Wildman–Crippen MR) is 238 cm³/mol. The molecule has 0 bridgehead atoms. The van der Waals surface area contributed by atoms with E-state index in [0.29, 0.717) is 29.9 Å². The number of esters is 4. The number of carbonyl (C=O) groups is 4. The number of alkyl halides is 20. The number of halogens is 20. The fourth-order valence-electron chi connectivity index (χ4n) is 6.14. The molecule has 0 aliphatic carbocycles. The molecule has 0 spiro atoms. The van der Waals surface area contributed by atoms with Gasteiger partial charge in [0.05, 0.1) is 52.6 Å². The van der Waals surface area contributed by atoms with E-state index < -0.39 is 163 Å². The highest BCUT2D eigenvalue weighted by molar-refractivity contribution is 5.82. The van der Waals surface area contributed by atoms with Gasteiger partial charge in [0.2, 0.25) is 0 Å². The van der Waals surface area contributed by atoms with Crippen LogP contribution in [-0.2, 0) is 63.5 Å². The molecule has 0 N–H and O–H groups in total. The number of nitrogens with zero attached hydrogens (tertiary/aromatic N) is 2. The Hall–Kier alpha value is -6.68. The molecule has 81 heavy (non-hydrogen) atoms. The summed E-state index contributed by atoms with van der Waals surface area (Å²) in [7, 11) is 0. The van der Waals surface area contributed by atoms with Crippen LogP contribution in [0.25, 0.3) is 0 Å². The van der Waals surface area contributed by atoms with E-state index in [1.165, 1.54) is 36.4 Å². The highest BCUT2D eigenvalue weighted by Crippen LogP contribution is 2.39. The second-order valence-electron chi connectivity index (χ2n) is 16.5. The highest BCUT2D eigenvalue weighted by atomic mass is 19.4. The lowest BCUT2D eigenvalue weighted by atomic mass is 10.0. The molecule has 2 aromatic rings. The Morgan fingerprint density at radius 1 is 0.395 bits per heavy atom. The van der Waals surface area contributed by atoms with Gasteiger partial charge in [-0.15, -0.1) is 0 Å². The zero-order valence-corrected chi connectivity index (χ0v) is 41.2. The van der Waals surface area contributed by atoms with Gasteiger partial charge in [0.1, 0.15) is 37.6 Å². The summed E-state index contributed by atoms with van der Waals surface area (Å²) in [6, 6.07) is 9.79. The third kappa shape index (κ3) is 23.0. The normalized spacial score (nSPS) is 14.4. The second-order valence-corrected chi connectivity index (χ2v) is 16.5. The van der Waals surface area contributed by atoms with Gasteiger partial charge in [-0.05, 0) is 41.8 Å². The molecule has 4 atom stereocenters. The van der Waals surface area contributed by atoms with Crippen LogP contribution in [0.4, 0.5) is 99.2 Å². The van der Waals surface area contributed by atoms with Gasteiger partial charge in [0.15, 0.2) is 0 Å². The molecule has 0 heterocycles. The minimum atomic E-state index is -6.33. The third-order valence-corrected chi connectivity index (χ3v) is 10.1. The first-order valence-corrected chi connectivity index (χ1v) is 22.3. The molecule has 0 aromatic heterocycles. The van der Waals surface area contributed by atoms with E-state index in [1.54, 1.807) is 0 Å². The molecule has 0 fully saturated rings. The van der Waals surface area contributed by atoms with Crippen LogP contribution in [-0.4, -0.2) is 163 Å². The number of benzene rings is 2. The van der Waals surface area contributed by atoms with Gasteiger partial charge in [0, 0.05) is 35.7 Å². The fraction of sp³-hybridized carbons (Fsp3) is 0.489. The Balaban J connectivity index is 2.69. The predicted octanol–water partition coefficient (Wildman–Crippen LogP) is 10.1. The van der Waals surface area contributed by atoms with E-state index >= 15 is 0 Å². The number of hydrogen-bond acceptors (Lipinski definition) is 14. The lowest BCUT2D eigenvalue weighted by Crippen LogP contribution is -2.47. The molecule has 0 radical (unpaired) electrons. The van der Waals surface area contributed by atoms with Crippen LogP contribution in [0.2, 0.25) is 0 Å². The first-order valence-electron chi connectivity index (χ1n) is 22.3. The van der Waals surface area contributed by atoms with Gasteiger partial charge in [-0.3, -0.25) is 0 Å². The average molecular weight is 1210 g/mol. The van der Waals surface area contributed by atoms with E-state index in [0.717, 1.165) is 21.9 Å². The molecule has 2 aromatic carbocycles. The summed E-state index contributed by atoms with van der Waals surface area (Å²) in [4.78, 5) is 50.6. The lowest BCUT2D eigenvalue weighted by Gasteiger charge is -2.33. The quantitative estimate of drug-likeness (QED) is 0.0283. The van der Waals surface area contributed by atoms with Crippen molar-refractivity contribution in [3.05, 3.63) is 110 Å². The van der Waals surface area contributed by atoms with Crippen molar-refractivity contribution in [1.82, 2.24) is 0 Å². The van der Waals surface area contributed by atoms with Crippen LogP contribution in [0.15, 0.2) is 99.2 Å². The van der Waals surface area contributed by atoms with Crippen LogP contribution < -0.4 is 9.80 Å². The monoisotopic (exact) mass is 1210 g/mol. The van der Waals surface area contributed by atoms with E-state index in [-0.39, 0.29) is 23.4 Å². The minimum Gasteiger partial charge on any atom is -0.455 e. The number of anilines is 2. The number of hydrogen-bond donors (Lipinski definition) is 0. The van der Waals surface area contributed by atoms with Crippen molar-refractivity contribution in [3.8, 4) is 0 Å². The van der Waals surface area contributed by atoms with Gasteiger partial charge in [-0.1, -0.05) is 50.6 Å². The summed E-state index contributed by atoms with van der Waals surface area (Å²) in [6.07, 6.45) is -42.9. The van der Waals surface area contributed by atoms with Crippen molar-refractivity contribution >= 4 is 35.3 Å². The molecule has 0 saturated carbocycles. The maximum absolute atomic E-state index is 13.9. The van der Waals surface area contributed by atoms with Gasteiger partial charge in [-0.2, -0.15) is 87.8 Å². The zero-order valence-electron chi connectivity index (χ0n) is 41.2. The number of ether oxygens (including phenoxy) is 8. The first kappa shape index (κ1) is 70.4. The summed E-state index contributed by atoms with van der Waals surface area (Å²) >= 11 is 0. The van der Waals surface area contributed by atoms with Crippen molar-refractivity contribution in [2.24, 2.45) is 0 Å². The fourth-order valence-corrected chi connectivity index (χ4v) is 6.14. The molecule has 4 unspecified atom stereocenters. The lowest BCUT2D eigenvalue weighted by molar-refractivity contribution is -0.394. The summed E-state index contributed by atoms with van der Waals surface area (Å²) in [5, 5.41) is 0. The summed E-state index contributed by atoms with van der Waals surface area (Å²) in [5.74, 6) is -16.4. The van der Waals surface area contributed by atoms with Gasteiger partial charge in [-0.25, -0.2) is 19.2 Å². The Bertz CT molecular complexity index is 2280. The second kappa shape index (κ2) is 29.3. The summed E-state index contributed by atoms with van der Waals surface area (Å²) < 4.78 is 302. The maximum atomic E-state index is 13.9. The number of carbonyl (C=O) groups excluding carboxylic acids is 4. The van der Waals surface area contributed by atoms with Gasteiger partial charge < -0.3 is 47.7 Å². The Labute approximate surface area is 445 Å². The molecule has 34 heteroatoms. The molecule has 14 nitrogen and oxygen atoms in total.